The van der Waals surface area contributed by atoms with E-state index < -0.39 is 0 Å². The van der Waals surface area contributed by atoms with Crippen LogP contribution < -0.4 is 5.32 Å². The van der Waals surface area contributed by atoms with E-state index in [1.807, 2.05) is 56.0 Å². The van der Waals surface area contributed by atoms with E-state index in [2.05, 4.69) is 10.4 Å². The minimum atomic E-state index is -0.00949. The monoisotopic (exact) mass is 271 g/mol. The zero-order chi connectivity index (χ0) is 14.5. The first-order chi connectivity index (χ1) is 9.56. The summed E-state index contributed by atoms with van der Waals surface area (Å²) in [6.45, 7) is 7.56. The maximum atomic E-state index is 12.0. The molecule has 1 heterocycles. The van der Waals surface area contributed by atoms with Gasteiger partial charge in [0.05, 0.1) is 6.20 Å². The summed E-state index contributed by atoms with van der Waals surface area (Å²) in [6, 6.07) is 5.78. The highest BCUT2D eigenvalue weighted by Crippen LogP contribution is 2.09. The molecular weight excluding hydrogens is 250 g/mol. The Hall–Kier alpha value is -2.10. The van der Waals surface area contributed by atoms with Gasteiger partial charge in [0.15, 0.2) is 0 Å². The molecule has 20 heavy (non-hydrogen) atoms. The van der Waals surface area contributed by atoms with Crippen LogP contribution in [-0.2, 0) is 6.54 Å². The van der Waals surface area contributed by atoms with Crippen LogP contribution in [0.15, 0.2) is 30.6 Å². The number of carbonyl (C=O) groups excluding carboxylic acids is 1. The lowest BCUT2D eigenvalue weighted by Gasteiger charge is -2.07. The second-order valence-electron chi connectivity index (χ2n) is 5.19. The van der Waals surface area contributed by atoms with Gasteiger partial charge in [-0.15, -0.1) is 0 Å². The van der Waals surface area contributed by atoms with Gasteiger partial charge < -0.3 is 5.32 Å². The van der Waals surface area contributed by atoms with Gasteiger partial charge in [-0.25, -0.2) is 0 Å². The Kier molecular flexibility index (Phi) is 4.56. The molecule has 2 aromatic rings. The highest BCUT2D eigenvalue weighted by molar-refractivity contribution is 5.94. The summed E-state index contributed by atoms with van der Waals surface area (Å²) in [6.07, 6.45) is 4.72. The van der Waals surface area contributed by atoms with Crippen LogP contribution in [0.2, 0.25) is 0 Å². The summed E-state index contributed by atoms with van der Waals surface area (Å²) in [5.41, 5.74) is 4.23. The molecule has 0 atom stereocenters. The van der Waals surface area contributed by atoms with Crippen LogP contribution in [0.4, 0.5) is 0 Å². The van der Waals surface area contributed by atoms with Crippen molar-refractivity contribution in [3.05, 3.63) is 52.8 Å². The molecule has 0 aliphatic rings. The first-order valence-corrected chi connectivity index (χ1v) is 6.91. The number of carbonyl (C=O) groups is 1. The Morgan fingerprint density at radius 3 is 2.70 bits per heavy atom. The highest BCUT2D eigenvalue weighted by Gasteiger charge is 2.05. The van der Waals surface area contributed by atoms with Gasteiger partial charge >= 0.3 is 0 Å². The van der Waals surface area contributed by atoms with E-state index >= 15 is 0 Å². The fraction of sp³-hybridized carbons (Fsp3) is 0.375. The molecule has 2 rings (SSSR count). The third kappa shape index (κ3) is 3.70. The van der Waals surface area contributed by atoms with E-state index in [1.54, 1.807) is 0 Å². The van der Waals surface area contributed by atoms with Crippen LogP contribution in [0.1, 0.15) is 33.5 Å². The number of nitrogens with one attached hydrogen (secondary N) is 1. The molecule has 0 saturated carbocycles. The number of hydrogen-bond donors (Lipinski definition) is 1. The van der Waals surface area contributed by atoms with Crippen LogP contribution in [0.25, 0.3) is 0 Å². The first kappa shape index (κ1) is 14.3. The Morgan fingerprint density at radius 2 is 2.05 bits per heavy atom. The summed E-state index contributed by atoms with van der Waals surface area (Å²) >= 11 is 0. The molecule has 4 nitrogen and oxygen atoms in total. The summed E-state index contributed by atoms with van der Waals surface area (Å²) in [5, 5.41) is 7.16. The third-order valence-electron chi connectivity index (χ3n) is 3.38. The Balaban J connectivity index is 1.78. The van der Waals surface area contributed by atoms with Crippen molar-refractivity contribution in [2.45, 2.75) is 33.7 Å². The second kappa shape index (κ2) is 6.37. The second-order valence-corrected chi connectivity index (χ2v) is 5.19. The van der Waals surface area contributed by atoms with Crippen molar-refractivity contribution >= 4 is 5.91 Å². The molecule has 0 spiro atoms. The van der Waals surface area contributed by atoms with Gasteiger partial charge in [-0.3, -0.25) is 9.48 Å². The average Bonchev–Trinajstić information content (AvgIpc) is 2.83. The largest absolute Gasteiger partial charge is 0.352 e. The number of aromatic nitrogens is 2. The SMILES string of the molecule is Cc1cnn(CCCNC(=O)c2ccc(C)c(C)c2)c1. The summed E-state index contributed by atoms with van der Waals surface area (Å²) in [5.74, 6) is -0.00949. The molecular formula is C16H21N3O. The molecule has 0 radical (unpaired) electrons. The van der Waals surface area contributed by atoms with Crippen LogP contribution in [0.3, 0.4) is 0 Å². The molecule has 4 heteroatoms. The molecule has 0 saturated heterocycles. The smallest absolute Gasteiger partial charge is 0.251 e. The number of amides is 1. The molecule has 1 N–H and O–H groups in total. The fourth-order valence-electron chi connectivity index (χ4n) is 2.02. The number of hydrogen-bond acceptors (Lipinski definition) is 2. The minimum Gasteiger partial charge on any atom is -0.352 e. The molecule has 1 amide bonds. The normalized spacial score (nSPS) is 10.6. The Bertz CT molecular complexity index is 602. The topological polar surface area (TPSA) is 46.9 Å². The quantitative estimate of drug-likeness (QED) is 0.850. The van der Waals surface area contributed by atoms with E-state index in [9.17, 15) is 4.79 Å². The zero-order valence-corrected chi connectivity index (χ0v) is 12.3. The van der Waals surface area contributed by atoms with Crippen molar-refractivity contribution in [2.75, 3.05) is 6.54 Å². The summed E-state index contributed by atoms with van der Waals surface area (Å²) < 4.78 is 1.90. The van der Waals surface area contributed by atoms with Crippen molar-refractivity contribution in [2.24, 2.45) is 0 Å². The lowest BCUT2D eigenvalue weighted by atomic mass is 10.1. The number of rotatable bonds is 5. The van der Waals surface area contributed by atoms with Crippen LogP contribution in [0, 0.1) is 20.8 Å². The van der Waals surface area contributed by atoms with Crippen molar-refractivity contribution in [3.8, 4) is 0 Å². The molecule has 106 valence electrons. The highest BCUT2D eigenvalue weighted by atomic mass is 16.1. The standard InChI is InChI=1S/C16H21N3O/c1-12-10-18-19(11-12)8-4-7-17-16(20)15-6-5-13(2)14(3)9-15/h5-6,9-11H,4,7-8H2,1-3H3,(H,17,20). The van der Waals surface area contributed by atoms with Crippen molar-refractivity contribution in [3.63, 3.8) is 0 Å². The molecule has 1 aromatic heterocycles. The Labute approximate surface area is 119 Å². The number of nitrogens with zero attached hydrogens (tertiary/aromatic N) is 2. The minimum absolute atomic E-state index is 0.00949. The third-order valence-corrected chi connectivity index (χ3v) is 3.38. The maximum Gasteiger partial charge on any atom is 0.251 e. The average molecular weight is 271 g/mol. The molecule has 0 bridgehead atoms. The molecule has 0 unspecified atom stereocenters. The fourth-order valence-corrected chi connectivity index (χ4v) is 2.02. The molecule has 0 aliphatic heterocycles. The molecule has 1 aromatic carbocycles. The first-order valence-electron chi connectivity index (χ1n) is 6.91. The van der Waals surface area contributed by atoms with E-state index in [0.29, 0.717) is 6.54 Å². The molecule has 0 fully saturated rings. The van der Waals surface area contributed by atoms with Gasteiger partial charge in [0.1, 0.15) is 0 Å². The Morgan fingerprint density at radius 1 is 1.25 bits per heavy atom. The maximum absolute atomic E-state index is 12.0. The predicted molar refractivity (Wildman–Crippen MR) is 79.8 cm³/mol. The van der Waals surface area contributed by atoms with Crippen molar-refractivity contribution in [1.29, 1.82) is 0 Å². The van der Waals surface area contributed by atoms with Crippen molar-refractivity contribution < 1.29 is 4.79 Å². The lowest BCUT2D eigenvalue weighted by Crippen LogP contribution is -2.25. The van der Waals surface area contributed by atoms with Gasteiger partial charge in [0, 0.05) is 24.8 Å². The van der Waals surface area contributed by atoms with Crippen LogP contribution in [0.5, 0.6) is 0 Å². The van der Waals surface area contributed by atoms with Crippen LogP contribution in [-0.4, -0.2) is 22.2 Å². The summed E-state index contributed by atoms with van der Waals surface area (Å²) in [4.78, 5) is 12.0. The van der Waals surface area contributed by atoms with Gasteiger partial charge in [-0.05, 0) is 56.0 Å². The van der Waals surface area contributed by atoms with E-state index in [1.165, 1.54) is 5.56 Å². The predicted octanol–water partition coefficient (Wildman–Crippen LogP) is 2.63. The van der Waals surface area contributed by atoms with E-state index in [0.717, 1.165) is 29.7 Å². The van der Waals surface area contributed by atoms with E-state index in [-0.39, 0.29) is 5.91 Å². The lowest BCUT2D eigenvalue weighted by molar-refractivity contribution is 0.0952. The number of benzene rings is 1. The van der Waals surface area contributed by atoms with E-state index in [4.69, 9.17) is 0 Å². The van der Waals surface area contributed by atoms with Crippen LogP contribution >= 0.6 is 0 Å². The zero-order valence-electron chi connectivity index (χ0n) is 12.3. The van der Waals surface area contributed by atoms with Crippen molar-refractivity contribution in [1.82, 2.24) is 15.1 Å². The molecule has 0 aliphatic carbocycles. The number of aryl methyl sites for hydroxylation is 4. The van der Waals surface area contributed by atoms with Gasteiger partial charge in [-0.2, -0.15) is 5.10 Å². The summed E-state index contributed by atoms with van der Waals surface area (Å²) in [7, 11) is 0. The van der Waals surface area contributed by atoms with Gasteiger partial charge in [0.25, 0.3) is 5.91 Å². The van der Waals surface area contributed by atoms with Gasteiger partial charge in [-0.1, -0.05) is 6.07 Å². The van der Waals surface area contributed by atoms with Gasteiger partial charge in [0.2, 0.25) is 0 Å².